The van der Waals surface area contributed by atoms with Crippen LogP contribution in [0.25, 0.3) is 0 Å². The molecule has 20 heavy (non-hydrogen) atoms. The molecular weight excluding hydrogens is 293 g/mol. The van der Waals surface area contributed by atoms with Gasteiger partial charge < -0.3 is 20.3 Å². The van der Waals surface area contributed by atoms with Crippen LogP contribution in [0.4, 0.5) is 0 Å². The molecule has 0 radical (unpaired) electrons. The Kier molecular flexibility index (Phi) is 4.26. The quantitative estimate of drug-likeness (QED) is 0.376. The lowest BCUT2D eigenvalue weighted by molar-refractivity contribution is -0.118. The van der Waals surface area contributed by atoms with Gasteiger partial charge in [0.2, 0.25) is 5.96 Å². The average molecular weight is 305 g/mol. The van der Waals surface area contributed by atoms with Gasteiger partial charge in [-0.3, -0.25) is 19.2 Å². The second kappa shape index (κ2) is 5.77. The van der Waals surface area contributed by atoms with Crippen LogP contribution in [0.1, 0.15) is 0 Å². The van der Waals surface area contributed by atoms with Gasteiger partial charge in [0.15, 0.2) is 11.9 Å². The van der Waals surface area contributed by atoms with Crippen molar-refractivity contribution in [2.45, 2.75) is 6.04 Å². The van der Waals surface area contributed by atoms with Crippen molar-refractivity contribution in [3.63, 3.8) is 0 Å². The molecule has 2 heterocycles. The molecule has 1 unspecified atom stereocenters. The Balaban J connectivity index is 1.80. The number of hydrogen-bond acceptors (Lipinski definition) is 8. The fraction of sp³-hybridized carbons (Fsp3) is 0.500. The zero-order valence-corrected chi connectivity index (χ0v) is 11.0. The number of hydroxylamine groups is 2. The third-order valence-corrected chi connectivity index (χ3v) is 2.72. The van der Waals surface area contributed by atoms with Gasteiger partial charge in [-0.25, -0.2) is 0 Å². The predicted molar refractivity (Wildman–Crippen MR) is 67.0 cm³/mol. The molecule has 0 aliphatic carbocycles. The fourth-order valence-electron chi connectivity index (χ4n) is 1.45. The van der Waals surface area contributed by atoms with E-state index in [9.17, 15) is 9.36 Å². The van der Waals surface area contributed by atoms with Crippen molar-refractivity contribution in [2.24, 2.45) is 20.7 Å². The largest absolute Gasteiger partial charge is 0.368 e. The number of carbonyl (C=O) groups excluding carboxylic acids is 1. The highest BCUT2D eigenvalue weighted by molar-refractivity contribution is 7.51. The monoisotopic (exact) mass is 305 g/mol. The Morgan fingerprint density at radius 1 is 1.40 bits per heavy atom. The Morgan fingerprint density at radius 2 is 2.15 bits per heavy atom. The highest BCUT2D eigenvalue weighted by Crippen LogP contribution is 2.33. The lowest BCUT2D eigenvalue weighted by Crippen LogP contribution is -2.40. The third kappa shape index (κ3) is 3.68. The van der Waals surface area contributed by atoms with Crippen LogP contribution in [0, 0.1) is 0 Å². The fourth-order valence-corrected chi connectivity index (χ4v) is 1.82. The predicted octanol–water partition coefficient (Wildman–Crippen LogP) is -1.96. The van der Waals surface area contributed by atoms with Crippen LogP contribution in [0.5, 0.6) is 0 Å². The number of ether oxygens (including phenoxy) is 1. The first-order valence-corrected chi connectivity index (χ1v) is 7.21. The van der Waals surface area contributed by atoms with Crippen LogP contribution in [-0.4, -0.2) is 64.5 Å². The highest BCUT2D eigenvalue weighted by atomic mass is 31.2. The molecule has 0 saturated carbocycles. The van der Waals surface area contributed by atoms with E-state index < -0.39 is 25.9 Å². The number of guanidine groups is 1. The number of rotatable bonds is 6. The molecule has 12 heteroatoms. The van der Waals surface area contributed by atoms with Crippen molar-refractivity contribution >= 4 is 31.6 Å². The Hall–Kier alpha value is -1.65. The van der Waals surface area contributed by atoms with Gasteiger partial charge in [0.25, 0.3) is 5.91 Å². The van der Waals surface area contributed by atoms with Crippen molar-refractivity contribution in [3.05, 3.63) is 0 Å². The van der Waals surface area contributed by atoms with Crippen LogP contribution in [-0.2, 0) is 18.9 Å². The van der Waals surface area contributed by atoms with Crippen LogP contribution in [0.2, 0.25) is 0 Å². The smallest absolute Gasteiger partial charge is 0.350 e. The number of carbonyl (C=O) groups is 1. The van der Waals surface area contributed by atoms with Gasteiger partial charge in [-0.1, -0.05) is 0 Å². The summed E-state index contributed by atoms with van der Waals surface area (Å²) in [6.45, 7) is -0.0616. The molecule has 0 fully saturated rings. The van der Waals surface area contributed by atoms with E-state index in [-0.39, 0.29) is 25.0 Å². The molecule has 2 rings (SSSR count). The van der Waals surface area contributed by atoms with Gasteiger partial charge in [-0.2, -0.15) is 15.0 Å². The standard InChI is InChI=1S/C8H12N5O6P/c9-8-11-6-5(7(14)12-8)10-3-13(6)19-2-1-18-4-20(15,16)17/h3,5H,1-2,4H2,(H2,9,12,14)(H2,15,16,17). The summed E-state index contributed by atoms with van der Waals surface area (Å²) in [6.07, 6.45) is 0.560. The van der Waals surface area contributed by atoms with Crippen molar-refractivity contribution in [3.8, 4) is 0 Å². The summed E-state index contributed by atoms with van der Waals surface area (Å²) in [6, 6.07) is -0.863. The zero-order valence-electron chi connectivity index (χ0n) is 10.1. The van der Waals surface area contributed by atoms with Crippen LogP contribution in [0.3, 0.4) is 0 Å². The van der Waals surface area contributed by atoms with Crippen molar-refractivity contribution in [2.75, 3.05) is 19.6 Å². The molecule has 0 bridgehead atoms. The van der Waals surface area contributed by atoms with E-state index in [2.05, 4.69) is 15.0 Å². The van der Waals surface area contributed by atoms with Gasteiger partial charge in [0.1, 0.15) is 12.7 Å². The molecule has 2 aliphatic heterocycles. The van der Waals surface area contributed by atoms with Crippen LogP contribution in [0.15, 0.2) is 15.0 Å². The van der Waals surface area contributed by atoms with E-state index in [1.807, 2.05) is 0 Å². The van der Waals surface area contributed by atoms with Crippen molar-refractivity contribution < 1.29 is 28.7 Å². The Labute approximate surface area is 112 Å². The summed E-state index contributed by atoms with van der Waals surface area (Å²) in [4.78, 5) is 45.0. The topological polar surface area (TPSA) is 159 Å². The number of fused-ring (bicyclic) bond motifs is 1. The molecular formula is C8H12N5O6P. The van der Waals surface area contributed by atoms with Gasteiger partial charge in [0, 0.05) is 0 Å². The second-order valence-electron chi connectivity index (χ2n) is 3.81. The lowest BCUT2D eigenvalue weighted by atomic mass is 10.2. The molecule has 2 aliphatic rings. The maximum absolute atomic E-state index is 11.5. The minimum Gasteiger partial charge on any atom is -0.368 e. The summed E-state index contributed by atoms with van der Waals surface area (Å²) in [5, 5.41) is 1.14. The SMILES string of the molecule is NC1=NC(=O)C2N=CN(OCCOCP(=O)(O)O)C2=N1. The summed E-state index contributed by atoms with van der Waals surface area (Å²) >= 11 is 0. The van der Waals surface area contributed by atoms with E-state index in [0.29, 0.717) is 0 Å². The number of amides is 1. The molecule has 1 amide bonds. The molecule has 110 valence electrons. The first kappa shape index (κ1) is 14.8. The molecule has 0 aromatic heterocycles. The molecule has 0 aromatic rings. The maximum Gasteiger partial charge on any atom is 0.350 e. The lowest BCUT2D eigenvalue weighted by Gasteiger charge is -2.18. The molecule has 1 atom stereocenters. The number of nitrogens with two attached hydrogens (primary N) is 1. The van der Waals surface area contributed by atoms with Crippen LogP contribution >= 0.6 is 7.60 Å². The maximum atomic E-state index is 11.5. The average Bonchev–Trinajstić information content (AvgIpc) is 2.70. The first-order chi connectivity index (χ1) is 9.37. The van der Waals surface area contributed by atoms with E-state index in [1.54, 1.807) is 0 Å². The Morgan fingerprint density at radius 3 is 2.85 bits per heavy atom. The third-order valence-electron chi connectivity index (χ3n) is 2.20. The van der Waals surface area contributed by atoms with Crippen molar-refractivity contribution in [1.29, 1.82) is 0 Å². The van der Waals surface area contributed by atoms with Gasteiger partial charge >= 0.3 is 7.60 Å². The summed E-state index contributed by atoms with van der Waals surface area (Å²) in [5.74, 6) is -0.525. The summed E-state index contributed by atoms with van der Waals surface area (Å²) in [5.41, 5.74) is 5.36. The number of amidine groups is 1. The molecule has 0 spiro atoms. The number of aliphatic imine (C=N–C) groups is 3. The van der Waals surface area contributed by atoms with E-state index in [0.717, 1.165) is 5.06 Å². The zero-order chi connectivity index (χ0) is 14.8. The highest BCUT2D eigenvalue weighted by Gasteiger charge is 2.36. The minimum absolute atomic E-state index is 0.0109. The summed E-state index contributed by atoms with van der Waals surface area (Å²) < 4.78 is 15.2. The van der Waals surface area contributed by atoms with Gasteiger partial charge in [-0.15, -0.1) is 0 Å². The molecule has 0 aromatic carbocycles. The minimum atomic E-state index is -4.19. The normalized spacial score (nSPS) is 21.8. The van der Waals surface area contributed by atoms with Gasteiger partial charge in [0.05, 0.1) is 13.2 Å². The molecule has 0 saturated heterocycles. The summed E-state index contributed by atoms with van der Waals surface area (Å²) in [7, 11) is -4.19. The molecule has 11 nitrogen and oxygen atoms in total. The van der Waals surface area contributed by atoms with E-state index >= 15 is 0 Å². The van der Waals surface area contributed by atoms with Gasteiger partial charge in [-0.05, 0) is 0 Å². The number of hydrogen-bond donors (Lipinski definition) is 3. The number of nitrogens with zero attached hydrogens (tertiary/aromatic N) is 4. The van der Waals surface area contributed by atoms with Crippen molar-refractivity contribution in [1.82, 2.24) is 5.06 Å². The first-order valence-electron chi connectivity index (χ1n) is 5.41. The van der Waals surface area contributed by atoms with E-state index in [4.69, 9.17) is 25.1 Å². The van der Waals surface area contributed by atoms with Crippen LogP contribution < -0.4 is 5.73 Å². The van der Waals surface area contributed by atoms with E-state index in [1.165, 1.54) is 6.34 Å². The molecule has 4 N–H and O–H groups in total. The second-order valence-corrected chi connectivity index (χ2v) is 5.39. The Bertz CT molecular complexity index is 539.